The maximum Gasteiger partial charge on any atom is 0.334 e. The van der Waals surface area contributed by atoms with Crippen LogP contribution in [0.5, 0.6) is 0 Å². The molecule has 6 heteroatoms. The van der Waals surface area contributed by atoms with Gasteiger partial charge >= 0.3 is 12.0 Å². The Balaban J connectivity index is 1.81. The van der Waals surface area contributed by atoms with Crippen LogP contribution in [0, 0.1) is 5.41 Å². The minimum absolute atomic E-state index is 0.124. The maximum absolute atomic E-state index is 12.2. The molecule has 1 saturated carbocycles. The lowest BCUT2D eigenvalue weighted by molar-refractivity contribution is -0.154. The van der Waals surface area contributed by atoms with E-state index in [0.29, 0.717) is 12.0 Å². The Morgan fingerprint density at radius 3 is 2.55 bits per heavy atom. The Morgan fingerprint density at radius 1 is 1.30 bits per heavy atom. The van der Waals surface area contributed by atoms with E-state index in [2.05, 4.69) is 19.2 Å². The first-order valence-corrected chi connectivity index (χ1v) is 7.27. The number of morpholine rings is 1. The van der Waals surface area contributed by atoms with E-state index < -0.39 is 12.1 Å². The molecule has 2 amide bonds. The fourth-order valence-electron chi connectivity index (χ4n) is 2.79. The first kappa shape index (κ1) is 15.1. The van der Waals surface area contributed by atoms with Gasteiger partial charge < -0.3 is 20.1 Å². The molecule has 0 aromatic carbocycles. The summed E-state index contributed by atoms with van der Waals surface area (Å²) in [5, 5.41) is 12.0. The topological polar surface area (TPSA) is 78.9 Å². The average Bonchev–Trinajstić information content (AvgIpc) is 2.41. The predicted octanol–water partition coefficient (Wildman–Crippen LogP) is 1.45. The maximum atomic E-state index is 12.2. The standard InChI is InChI=1S/C14H24N2O4/c1-14(2)5-3-10(4-6-14)15-13(19)16-7-8-20-11(9-16)12(17)18/h10-11H,3-9H2,1-2H3,(H,15,19)(H,17,18). The van der Waals surface area contributed by atoms with E-state index in [1.54, 1.807) is 4.90 Å². The summed E-state index contributed by atoms with van der Waals surface area (Å²) in [5.74, 6) is -1.01. The van der Waals surface area contributed by atoms with Gasteiger partial charge in [0, 0.05) is 12.6 Å². The van der Waals surface area contributed by atoms with Crippen LogP contribution in [-0.2, 0) is 9.53 Å². The Kier molecular flexibility index (Phi) is 4.52. The number of nitrogens with zero attached hydrogens (tertiary/aromatic N) is 1. The number of rotatable bonds is 2. The molecule has 1 saturated heterocycles. The molecule has 0 aromatic heterocycles. The van der Waals surface area contributed by atoms with E-state index in [0.717, 1.165) is 25.7 Å². The zero-order chi connectivity index (χ0) is 14.8. The number of hydrogen-bond donors (Lipinski definition) is 2. The Bertz CT molecular complexity index is 373. The normalized spacial score (nSPS) is 27.1. The summed E-state index contributed by atoms with van der Waals surface area (Å²) in [4.78, 5) is 24.6. The summed E-state index contributed by atoms with van der Waals surface area (Å²) in [6.45, 7) is 5.37. The van der Waals surface area contributed by atoms with E-state index in [1.807, 2.05) is 0 Å². The van der Waals surface area contributed by atoms with Crippen molar-refractivity contribution in [3.8, 4) is 0 Å². The van der Waals surface area contributed by atoms with Gasteiger partial charge in [0.05, 0.1) is 13.2 Å². The van der Waals surface area contributed by atoms with Crippen molar-refractivity contribution in [3.63, 3.8) is 0 Å². The van der Waals surface area contributed by atoms with Crippen LogP contribution in [-0.4, -0.2) is 53.8 Å². The average molecular weight is 284 g/mol. The van der Waals surface area contributed by atoms with Crippen LogP contribution in [0.4, 0.5) is 4.79 Å². The number of carboxylic acids is 1. The molecule has 114 valence electrons. The van der Waals surface area contributed by atoms with Gasteiger partial charge in [0.2, 0.25) is 0 Å². The Morgan fingerprint density at radius 2 is 1.95 bits per heavy atom. The van der Waals surface area contributed by atoms with Crippen molar-refractivity contribution in [1.29, 1.82) is 0 Å². The lowest BCUT2D eigenvalue weighted by Gasteiger charge is -2.37. The molecule has 1 aliphatic heterocycles. The number of hydrogen-bond acceptors (Lipinski definition) is 3. The van der Waals surface area contributed by atoms with Crippen molar-refractivity contribution < 1.29 is 19.4 Å². The molecule has 2 N–H and O–H groups in total. The molecular formula is C14H24N2O4. The SMILES string of the molecule is CC1(C)CCC(NC(=O)N2CCOC(C(=O)O)C2)CC1. The Hall–Kier alpha value is -1.30. The van der Waals surface area contributed by atoms with Gasteiger partial charge in [-0.15, -0.1) is 0 Å². The van der Waals surface area contributed by atoms with Crippen molar-refractivity contribution in [2.75, 3.05) is 19.7 Å². The van der Waals surface area contributed by atoms with Crippen molar-refractivity contribution in [2.24, 2.45) is 5.41 Å². The van der Waals surface area contributed by atoms with E-state index in [4.69, 9.17) is 9.84 Å². The molecule has 0 radical (unpaired) electrons. The summed E-state index contributed by atoms with van der Waals surface area (Å²) >= 11 is 0. The van der Waals surface area contributed by atoms with Crippen molar-refractivity contribution >= 4 is 12.0 Å². The Labute approximate surface area is 119 Å². The van der Waals surface area contributed by atoms with Crippen LogP contribution < -0.4 is 5.32 Å². The second-order valence-electron chi connectivity index (χ2n) is 6.53. The van der Waals surface area contributed by atoms with Crippen LogP contribution in [0.15, 0.2) is 0 Å². The second-order valence-corrected chi connectivity index (χ2v) is 6.53. The third-order valence-electron chi connectivity index (χ3n) is 4.30. The van der Waals surface area contributed by atoms with Gasteiger partial charge in [-0.05, 0) is 31.1 Å². The number of urea groups is 1. The van der Waals surface area contributed by atoms with Gasteiger partial charge in [-0.25, -0.2) is 9.59 Å². The van der Waals surface area contributed by atoms with Crippen molar-refractivity contribution in [3.05, 3.63) is 0 Å². The number of carboxylic acid groups (broad SMARTS) is 1. The fourth-order valence-corrected chi connectivity index (χ4v) is 2.79. The van der Waals surface area contributed by atoms with Gasteiger partial charge in [-0.3, -0.25) is 0 Å². The number of amides is 2. The first-order valence-electron chi connectivity index (χ1n) is 7.27. The molecule has 1 heterocycles. The smallest absolute Gasteiger partial charge is 0.334 e. The van der Waals surface area contributed by atoms with Crippen LogP contribution in [0.25, 0.3) is 0 Å². The molecule has 1 atom stereocenters. The molecule has 0 spiro atoms. The van der Waals surface area contributed by atoms with Crippen LogP contribution in [0.3, 0.4) is 0 Å². The lowest BCUT2D eigenvalue weighted by Crippen LogP contribution is -2.54. The molecule has 1 unspecified atom stereocenters. The first-order chi connectivity index (χ1) is 9.37. The highest BCUT2D eigenvalue weighted by Gasteiger charge is 2.32. The van der Waals surface area contributed by atoms with E-state index in [1.165, 1.54) is 0 Å². The molecule has 1 aliphatic carbocycles. The summed E-state index contributed by atoms with van der Waals surface area (Å²) < 4.78 is 5.12. The quantitative estimate of drug-likeness (QED) is 0.804. The zero-order valence-corrected chi connectivity index (χ0v) is 12.2. The molecular weight excluding hydrogens is 260 g/mol. The summed E-state index contributed by atoms with van der Waals surface area (Å²) in [6, 6.07) is 0.0471. The van der Waals surface area contributed by atoms with Crippen molar-refractivity contribution in [2.45, 2.75) is 51.7 Å². The highest BCUT2D eigenvalue weighted by Crippen LogP contribution is 2.35. The predicted molar refractivity (Wildman–Crippen MR) is 73.5 cm³/mol. The van der Waals surface area contributed by atoms with E-state index >= 15 is 0 Å². The third-order valence-corrected chi connectivity index (χ3v) is 4.30. The van der Waals surface area contributed by atoms with E-state index in [-0.39, 0.29) is 25.2 Å². The summed E-state index contributed by atoms with van der Waals surface area (Å²) in [6.07, 6.45) is 3.30. The summed E-state index contributed by atoms with van der Waals surface area (Å²) in [5.41, 5.74) is 0.370. The number of carbonyl (C=O) groups is 2. The zero-order valence-electron chi connectivity index (χ0n) is 12.2. The minimum atomic E-state index is -1.01. The van der Waals surface area contributed by atoms with Gasteiger partial charge in [-0.2, -0.15) is 0 Å². The largest absolute Gasteiger partial charge is 0.479 e. The molecule has 2 rings (SSSR count). The fraction of sp³-hybridized carbons (Fsp3) is 0.857. The number of ether oxygens (including phenoxy) is 1. The molecule has 2 aliphatic rings. The number of nitrogens with one attached hydrogen (secondary N) is 1. The van der Waals surface area contributed by atoms with Crippen LogP contribution >= 0.6 is 0 Å². The van der Waals surface area contributed by atoms with Crippen molar-refractivity contribution in [1.82, 2.24) is 10.2 Å². The van der Waals surface area contributed by atoms with Gasteiger partial charge in [0.25, 0.3) is 0 Å². The highest BCUT2D eigenvalue weighted by molar-refractivity contribution is 5.77. The molecule has 0 aromatic rings. The second kappa shape index (κ2) is 5.99. The van der Waals surface area contributed by atoms with Gasteiger partial charge in [0.15, 0.2) is 6.10 Å². The lowest BCUT2D eigenvalue weighted by atomic mass is 9.75. The molecule has 20 heavy (non-hydrogen) atoms. The monoisotopic (exact) mass is 284 g/mol. The van der Waals surface area contributed by atoms with Crippen LogP contribution in [0.1, 0.15) is 39.5 Å². The van der Waals surface area contributed by atoms with E-state index in [9.17, 15) is 9.59 Å². The van der Waals surface area contributed by atoms with Crippen LogP contribution in [0.2, 0.25) is 0 Å². The molecule has 0 bridgehead atoms. The minimum Gasteiger partial charge on any atom is -0.479 e. The number of aliphatic carboxylic acids is 1. The molecule has 6 nitrogen and oxygen atoms in total. The highest BCUT2D eigenvalue weighted by atomic mass is 16.5. The van der Waals surface area contributed by atoms with Gasteiger partial charge in [-0.1, -0.05) is 13.8 Å². The van der Waals surface area contributed by atoms with Gasteiger partial charge in [0.1, 0.15) is 0 Å². The number of carbonyl (C=O) groups excluding carboxylic acids is 1. The molecule has 2 fully saturated rings. The third kappa shape index (κ3) is 3.85. The summed E-state index contributed by atoms with van der Waals surface area (Å²) in [7, 11) is 0.